The van der Waals surface area contributed by atoms with E-state index in [1.165, 1.54) is 21.3 Å². The monoisotopic (exact) mass is 532 g/mol. The molecule has 0 bridgehead atoms. The predicted octanol–water partition coefficient (Wildman–Crippen LogP) is 2.11. The summed E-state index contributed by atoms with van der Waals surface area (Å²) in [5.74, 6) is -3.54. The summed E-state index contributed by atoms with van der Waals surface area (Å²) >= 11 is 0. The highest BCUT2D eigenvalue weighted by Gasteiger charge is 2.84. The SMILES string of the molecule is CCN1C2=CC=CC=C3C(c4ccccc4)=CN4C(C(=O)OC)=C(C(=O)OC)C(C(=O)OC)(C1C(=O)OC)C324. The first-order valence-corrected chi connectivity index (χ1v) is 12.3. The molecule has 3 unspecified atom stereocenters. The summed E-state index contributed by atoms with van der Waals surface area (Å²) < 4.78 is 20.9. The van der Waals surface area contributed by atoms with E-state index in [4.69, 9.17) is 18.9 Å². The molecule has 0 amide bonds. The fourth-order valence-electron chi connectivity index (χ4n) is 6.64. The Morgan fingerprint density at radius 3 is 2.13 bits per heavy atom. The normalized spacial score (nSPS) is 26.2. The van der Waals surface area contributed by atoms with E-state index in [0.717, 1.165) is 12.7 Å². The number of allylic oxidation sites excluding steroid dienone is 4. The van der Waals surface area contributed by atoms with Crippen LogP contribution in [0.15, 0.2) is 83.4 Å². The maximum Gasteiger partial charge on any atom is 0.355 e. The molecule has 5 rings (SSSR count). The van der Waals surface area contributed by atoms with Gasteiger partial charge in [0.25, 0.3) is 0 Å². The van der Waals surface area contributed by atoms with Crippen molar-refractivity contribution in [2.75, 3.05) is 35.0 Å². The maximum atomic E-state index is 14.3. The van der Waals surface area contributed by atoms with Crippen molar-refractivity contribution < 1.29 is 38.1 Å². The lowest BCUT2D eigenvalue weighted by Gasteiger charge is -2.42. The van der Waals surface area contributed by atoms with Crippen LogP contribution in [0.3, 0.4) is 0 Å². The second kappa shape index (κ2) is 9.30. The molecular weight excluding hydrogens is 504 g/mol. The average molecular weight is 533 g/mol. The molecule has 1 aliphatic carbocycles. The molecule has 1 saturated heterocycles. The number of hydrogen-bond acceptors (Lipinski definition) is 10. The number of rotatable bonds is 6. The van der Waals surface area contributed by atoms with Gasteiger partial charge in [0.15, 0.2) is 11.5 Å². The van der Waals surface area contributed by atoms with Gasteiger partial charge in [0, 0.05) is 24.0 Å². The van der Waals surface area contributed by atoms with Crippen LogP contribution in [0.4, 0.5) is 0 Å². The van der Waals surface area contributed by atoms with E-state index in [1.54, 1.807) is 28.2 Å². The van der Waals surface area contributed by atoms with E-state index in [2.05, 4.69) is 0 Å². The van der Waals surface area contributed by atoms with E-state index < -0.39 is 40.9 Å². The lowest BCUT2D eigenvalue weighted by Crippen LogP contribution is -2.61. The molecule has 0 saturated carbocycles. The summed E-state index contributed by atoms with van der Waals surface area (Å²) in [6.45, 7) is 2.09. The maximum absolute atomic E-state index is 14.3. The fraction of sp³-hybridized carbons (Fsp3) is 0.310. The van der Waals surface area contributed by atoms with Crippen LogP contribution in [0.2, 0.25) is 0 Å². The van der Waals surface area contributed by atoms with Gasteiger partial charge in [-0.3, -0.25) is 4.79 Å². The van der Waals surface area contributed by atoms with Crippen LogP contribution in [0.1, 0.15) is 12.5 Å². The summed E-state index contributed by atoms with van der Waals surface area (Å²) in [7, 11) is 4.70. The summed E-state index contributed by atoms with van der Waals surface area (Å²) in [5.41, 5.74) is -1.67. The zero-order valence-corrected chi connectivity index (χ0v) is 22.2. The Kier molecular flexibility index (Phi) is 6.21. The van der Waals surface area contributed by atoms with Gasteiger partial charge in [0.1, 0.15) is 11.2 Å². The first-order chi connectivity index (χ1) is 18.8. The topological polar surface area (TPSA) is 112 Å². The Labute approximate surface area is 225 Å². The molecule has 3 aliphatic heterocycles. The van der Waals surface area contributed by atoms with Gasteiger partial charge < -0.3 is 28.7 Å². The van der Waals surface area contributed by atoms with Gasteiger partial charge in [-0.15, -0.1) is 0 Å². The molecule has 10 heteroatoms. The van der Waals surface area contributed by atoms with Crippen molar-refractivity contribution in [3.05, 3.63) is 88.9 Å². The smallest absolute Gasteiger partial charge is 0.355 e. The van der Waals surface area contributed by atoms with Crippen molar-refractivity contribution in [1.29, 1.82) is 0 Å². The number of methoxy groups -OCH3 is 4. The van der Waals surface area contributed by atoms with E-state index in [-0.39, 0.29) is 17.8 Å². The lowest BCUT2D eigenvalue weighted by molar-refractivity contribution is -0.165. The van der Waals surface area contributed by atoms with Crippen LogP contribution in [-0.4, -0.2) is 80.2 Å². The Morgan fingerprint density at radius 1 is 0.872 bits per heavy atom. The highest BCUT2D eigenvalue weighted by Crippen LogP contribution is 2.71. The van der Waals surface area contributed by atoms with Crippen LogP contribution in [-0.2, 0) is 38.1 Å². The minimum absolute atomic E-state index is 0.218. The molecule has 0 aromatic heterocycles. The Bertz CT molecular complexity index is 1440. The second-order valence-corrected chi connectivity index (χ2v) is 9.22. The Morgan fingerprint density at radius 2 is 1.54 bits per heavy atom. The van der Waals surface area contributed by atoms with Crippen LogP contribution in [0, 0.1) is 5.41 Å². The van der Waals surface area contributed by atoms with Crippen molar-refractivity contribution in [2.24, 2.45) is 5.41 Å². The van der Waals surface area contributed by atoms with Gasteiger partial charge in [-0.2, -0.15) is 0 Å². The third-order valence-corrected chi connectivity index (χ3v) is 7.90. The lowest BCUT2D eigenvalue weighted by atomic mass is 9.60. The van der Waals surface area contributed by atoms with Crippen molar-refractivity contribution >= 4 is 29.5 Å². The predicted molar refractivity (Wildman–Crippen MR) is 138 cm³/mol. The number of carbonyl (C=O) groups is 4. The van der Waals surface area contributed by atoms with Crippen LogP contribution >= 0.6 is 0 Å². The molecule has 3 atom stereocenters. The minimum atomic E-state index is -2.11. The fourth-order valence-corrected chi connectivity index (χ4v) is 6.64. The number of hydrogen-bond donors (Lipinski definition) is 0. The van der Waals surface area contributed by atoms with Gasteiger partial charge in [-0.25, -0.2) is 14.4 Å². The number of benzene rings is 1. The Hall–Kier alpha value is -4.60. The first kappa shape index (κ1) is 26.0. The van der Waals surface area contributed by atoms with Crippen LogP contribution < -0.4 is 0 Å². The van der Waals surface area contributed by atoms with Crippen molar-refractivity contribution in [3.63, 3.8) is 0 Å². The van der Waals surface area contributed by atoms with E-state index >= 15 is 0 Å². The summed E-state index contributed by atoms with van der Waals surface area (Å²) in [4.78, 5) is 58.5. The summed E-state index contributed by atoms with van der Waals surface area (Å²) in [5, 5.41) is 0. The number of likely N-dealkylation sites (tertiary alicyclic amines) is 1. The molecule has 10 nitrogen and oxygen atoms in total. The third kappa shape index (κ3) is 2.96. The van der Waals surface area contributed by atoms with Crippen LogP contribution in [0.5, 0.6) is 0 Å². The number of nitrogens with zero attached hydrogens (tertiary/aromatic N) is 2. The molecule has 0 radical (unpaired) electrons. The molecule has 39 heavy (non-hydrogen) atoms. The van der Waals surface area contributed by atoms with E-state index in [9.17, 15) is 19.2 Å². The molecule has 3 heterocycles. The second-order valence-electron chi connectivity index (χ2n) is 9.22. The highest BCUT2D eigenvalue weighted by atomic mass is 16.5. The van der Waals surface area contributed by atoms with Gasteiger partial charge in [0.05, 0.1) is 34.0 Å². The molecule has 4 aliphatic rings. The zero-order chi connectivity index (χ0) is 28.1. The first-order valence-electron chi connectivity index (χ1n) is 12.3. The van der Waals surface area contributed by atoms with Gasteiger partial charge in [-0.05, 0) is 24.1 Å². The summed E-state index contributed by atoms with van der Waals surface area (Å²) in [6, 6.07) is 8.03. The number of ether oxygens (including phenoxy) is 4. The molecule has 1 spiro atoms. The van der Waals surface area contributed by atoms with Gasteiger partial charge in [0.2, 0.25) is 0 Å². The van der Waals surface area contributed by atoms with Gasteiger partial charge in [-0.1, -0.05) is 48.6 Å². The molecular formula is C29H28N2O8. The average Bonchev–Trinajstić information content (AvgIpc) is 3.46. The Balaban J connectivity index is 2.03. The molecule has 0 N–H and O–H groups in total. The number of esters is 4. The zero-order valence-electron chi connectivity index (χ0n) is 22.2. The van der Waals surface area contributed by atoms with Gasteiger partial charge >= 0.3 is 23.9 Å². The minimum Gasteiger partial charge on any atom is -0.468 e. The van der Waals surface area contributed by atoms with Crippen LogP contribution in [0.25, 0.3) is 5.57 Å². The summed E-state index contributed by atoms with van der Waals surface area (Å²) in [6.07, 6.45) is 8.91. The van der Waals surface area contributed by atoms with E-state index in [1.807, 2.05) is 49.4 Å². The van der Waals surface area contributed by atoms with Crippen molar-refractivity contribution in [2.45, 2.75) is 18.5 Å². The third-order valence-electron chi connectivity index (χ3n) is 7.90. The molecule has 1 fully saturated rings. The quantitative estimate of drug-likeness (QED) is 0.399. The molecule has 1 aromatic rings. The van der Waals surface area contributed by atoms with Crippen molar-refractivity contribution in [3.8, 4) is 0 Å². The number of carbonyl (C=O) groups excluding carboxylic acids is 4. The van der Waals surface area contributed by atoms with Crippen molar-refractivity contribution in [1.82, 2.24) is 9.80 Å². The molecule has 202 valence electrons. The molecule has 1 aromatic carbocycles. The number of likely N-dealkylation sites (N-methyl/N-ethyl adjacent to an activating group) is 1. The highest BCUT2D eigenvalue weighted by molar-refractivity contribution is 6.14. The van der Waals surface area contributed by atoms with E-state index in [0.29, 0.717) is 16.8 Å². The largest absolute Gasteiger partial charge is 0.468 e. The standard InChI is InChI=1S/C29H28N2O8/c1-6-30-20-15-11-10-14-19-18(17-12-8-7-9-13-17)16-31-22(25(33)37-3)21(24(32)36-2)28(27(35)39-5,29(19,20)31)23(30)26(34)38-4/h7-16,23H,6H2,1-5H3.